The van der Waals surface area contributed by atoms with Crippen LogP contribution in [0.1, 0.15) is 13.8 Å². The Morgan fingerprint density at radius 1 is 1.61 bits per heavy atom. The van der Waals surface area contributed by atoms with Crippen molar-refractivity contribution in [3.63, 3.8) is 0 Å². The van der Waals surface area contributed by atoms with Crippen molar-refractivity contribution in [2.45, 2.75) is 43.8 Å². The number of halogens is 2. The molecule has 0 aromatic heterocycles. The summed E-state index contributed by atoms with van der Waals surface area (Å²) in [5.41, 5.74) is 8.33. The number of aliphatic hydroxyl groups excluding tert-OH is 2. The van der Waals surface area contributed by atoms with E-state index in [1.165, 1.54) is 13.8 Å². The van der Waals surface area contributed by atoms with Gasteiger partial charge in [0.1, 0.15) is 12.1 Å². The Morgan fingerprint density at radius 3 is 2.61 bits per heavy atom. The first-order valence-electron chi connectivity index (χ1n) is 5.27. The number of rotatable bonds is 5. The van der Waals surface area contributed by atoms with Crippen LogP contribution >= 0.6 is 0 Å². The van der Waals surface area contributed by atoms with Gasteiger partial charge in [-0.25, -0.2) is 8.78 Å². The van der Waals surface area contributed by atoms with Gasteiger partial charge in [0.25, 0.3) is 5.92 Å². The third kappa shape index (κ3) is 3.06. The van der Waals surface area contributed by atoms with Gasteiger partial charge >= 0.3 is 0 Å². The Balaban J connectivity index is 2.93. The lowest BCUT2D eigenvalue weighted by Crippen LogP contribution is -2.51. The molecule has 1 saturated heterocycles. The molecule has 1 aliphatic heterocycles. The predicted octanol–water partition coefficient (Wildman–Crippen LogP) is 0.805. The highest BCUT2D eigenvalue weighted by Crippen LogP contribution is 2.34. The second-order valence-corrected chi connectivity index (χ2v) is 4.39. The molecule has 0 aromatic rings. The zero-order valence-electron chi connectivity index (χ0n) is 9.95. The van der Waals surface area contributed by atoms with Crippen LogP contribution in [0.15, 0.2) is 5.11 Å². The van der Waals surface area contributed by atoms with Crippen LogP contribution in [-0.2, 0) is 9.47 Å². The molecule has 0 radical (unpaired) electrons. The quantitative estimate of drug-likeness (QED) is 0.436. The van der Waals surface area contributed by atoms with Gasteiger partial charge in [-0.3, -0.25) is 0 Å². The molecule has 0 bridgehead atoms. The van der Waals surface area contributed by atoms with E-state index in [2.05, 4.69) is 10.0 Å². The first kappa shape index (κ1) is 15.1. The highest BCUT2D eigenvalue weighted by Gasteiger charge is 2.53. The van der Waals surface area contributed by atoms with Crippen molar-refractivity contribution in [1.29, 1.82) is 0 Å². The van der Waals surface area contributed by atoms with E-state index >= 15 is 0 Å². The molecule has 1 aliphatic rings. The van der Waals surface area contributed by atoms with Gasteiger partial charge in [-0.1, -0.05) is 5.11 Å². The molecule has 18 heavy (non-hydrogen) atoms. The maximum atomic E-state index is 13.8. The lowest BCUT2D eigenvalue weighted by Gasteiger charge is -2.30. The van der Waals surface area contributed by atoms with Gasteiger partial charge in [0.05, 0.1) is 19.3 Å². The van der Waals surface area contributed by atoms with Gasteiger partial charge in [0, 0.05) is 4.91 Å². The van der Waals surface area contributed by atoms with Gasteiger partial charge in [-0.05, 0) is 19.4 Å². The molecule has 1 fully saturated rings. The van der Waals surface area contributed by atoms with Crippen molar-refractivity contribution in [1.82, 2.24) is 0 Å². The highest BCUT2D eigenvalue weighted by molar-refractivity contribution is 4.96. The number of nitrogens with zero attached hydrogens (tertiary/aromatic N) is 3. The third-order valence-corrected chi connectivity index (χ3v) is 2.57. The lowest BCUT2D eigenvalue weighted by atomic mass is 10.0. The summed E-state index contributed by atoms with van der Waals surface area (Å²) in [4.78, 5) is 2.33. The van der Waals surface area contributed by atoms with Crippen molar-refractivity contribution >= 4 is 0 Å². The summed E-state index contributed by atoms with van der Waals surface area (Å²) in [6, 6.07) is -1.95. The minimum Gasteiger partial charge on any atom is -0.393 e. The van der Waals surface area contributed by atoms with E-state index in [9.17, 15) is 8.78 Å². The van der Waals surface area contributed by atoms with E-state index in [1.54, 1.807) is 0 Å². The molecule has 1 rings (SSSR count). The van der Waals surface area contributed by atoms with Gasteiger partial charge in [0.15, 0.2) is 5.79 Å². The largest absolute Gasteiger partial charge is 0.393 e. The number of hydrogen-bond donors (Lipinski definition) is 2. The maximum absolute atomic E-state index is 13.8. The zero-order chi connectivity index (χ0) is 14.0. The zero-order valence-corrected chi connectivity index (χ0v) is 9.95. The summed E-state index contributed by atoms with van der Waals surface area (Å²) < 4.78 is 37.8. The van der Waals surface area contributed by atoms with Gasteiger partial charge in [-0.15, -0.1) is 0 Å². The summed E-state index contributed by atoms with van der Waals surface area (Å²) in [6.45, 7) is 1.72. The summed E-state index contributed by atoms with van der Waals surface area (Å²) in [7, 11) is 0. The second kappa shape index (κ2) is 5.33. The number of alkyl halides is 2. The first-order valence-corrected chi connectivity index (χ1v) is 5.27. The van der Waals surface area contributed by atoms with Crippen LogP contribution < -0.4 is 0 Å². The summed E-state index contributed by atoms with van der Waals surface area (Å²) in [6.07, 6.45) is -3.52. The van der Waals surface area contributed by atoms with Crippen molar-refractivity contribution in [2.24, 2.45) is 5.11 Å². The molecule has 104 valence electrons. The Hall–Kier alpha value is -0.990. The molecule has 0 unspecified atom stereocenters. The molecule has 0 saturated carbocycles. The molecule has 2 N–H and O–H groups in total. The molecule has 0 aliphatic carbocycles. The molecule has 3 atom stereocenters. The van der Waals surface area contributed by atoms with E-state index in [-0.39, 0.29) is 6.61 Å². The van der Waals surface area contributed by atoms with E-state index in [4.69, 9.17) is 25.2 Å². The Morgan fingerprint density at radius 2 is 2.22 bits per heavy atom. The van der Waals surface area contributed by atoms with Gasteiger partial charge in [-0.2, -0.15) is 0 Å². The van der Waals surface area contributed by atoms with Crippen LogP contribution in [0.4, 0.5) is 8.78 Å². The minimum absolute atomic E-state index is 0.190. The van der Waals surface area contributed by atoms with Crippen molar-refractivity contribution < 1.29 is 28.5 Å². The maximum Gasteiger partial charge on any atom is 0.286 e. The first-order chi connectivity index (χ1) is 8.24. The van der Waals surface area contributed by atoms with Crippen LogP contribution in [0.2, 0.25) is 0 Å². The topological polar surface area (TPSA) is 108 Å². The fourth-order valence-electron chi connectivity index (χ4n) is 1.64. The van der Waals surface area contributed by atoms with E-state index < -0.39 is 36.6 Å². The van der Waals surface area contributed by atoms with Crippen LogP contribution in [0.25, 0.3) is 10.4 Å². The highest BCUT2D eigenvalue weighted by atomic mass is 19.3. The number of aliphatic hydroxyl groups is 2. The standard InChI is InChI=1S/C9H15F2N3O4/c1-8(2)17-4-5(18-8)7(13-14-12)9(10,11)6(16)3-15/h5-7,15-16H,3-4H2,1-2H3/t5-,6+,7+/m1/s1. The van der Waals surface area contributed by atoms with Crippen LogP contribution in [0, 0.1) is 0 Å². The van der Waals surface area contributed by atoms with Crippen molar-refractivity contribution in [3.05, 3.63) is 10.4 Å². The Kier molecular flexibility index (Phi) is 4.46. The minimum atomic E-state index is -3.81. The van der Waals surface area contributed by atoms with Gasteiger partial charge in [0.2, 0.25) is 0 Å². The average Bonchev–Trinajstić information content (AvgIpc) is 2.64. The van der Waals surface area contributed by atoms with Gasteiger partial charge < -0.3 is 19.7 Å². The summed E-state index contributed by atoms with van der Waals surface area (Å²) in [5.74, 6) is -4.87. The molecule has 0 aromatic carbocycles. The summed E-state index contributed by atoms with van der Waals surface area (Å²) >= 11 is 0. The fourth-order valence-corrected chi connectivity index (χ4v) is 1.64. The van der Waals surface area contributed by atoms with E-state index in [0.29, 0.717) is 0 Å². The van der Waals surface area contributed by atoms with E-state index in [1.807, 2.05) is 0 Å². The second-order valence-electron chi connectivity index (χ2n) is 4.39. The number of ether oxygens (including phenoxy) is 2. The molecular formula is C9H15F2N3O4. The molecule has 9 heteroatoms. The lowest BCUT2D eigenvalue weighted by molar-refractivity contribution is -0.179. The molecule has 1 heterocycles. The number of hydrogen-bond acceptors (Lipinski definition) is 5. The molecule has 0 spiro atoms. The fraction of sp³-hybridized carbons (Fsp3) is 1.00. The molecule has 7 nitrogen and oxygen atoms in total. The predicted molar refractivity (Wildman–Crippen MR) is 55.9 cm³/mol. The Labute approximate surface area is 102 Å². The van der Waals surface area contributed by atoms with Crippen LogP contribution in [0.5, 0.6) is 0 Å². The summed E-state index contributed by atoms with van der Waals surface area (Å²) in [5, 5.41) is 20.7. The van der Waals surface area contributed by atoms with Crippen LogP contribution in [0.3, 0.4) is 0 Å². The number of azide groups is 1. The average molecular weight is 267 g/mol. The van der Waals surface area contributed by atoms with E-state index in [0.717, 1.165) is 0 Å². The SMILES string of the molecule is CC1(C)OC[C@H]([C@H](N=[N+]=[N-])C(F)(F)[C@@H](O)CO)O1. The normalized spacial score (nSPS) is 26.4. The van der Waals surface area contributed by atoms with Crippen molar-refractivity contribution in [3.8, 4) is 0 Å². The Bertz CT molecular complexity index is 347. The smallest absolute Gasteiger partial charge is 0.286 e. The third-order valence-electron chi connectivity index (χ3n) is 2.57. The molecule has 0 amide bonds. The monoisotopic (exact) mass is 267 g/mol. The van der Waals surface area contributed by atoms with Crippen LogP contribution in [-0.4, -0.2) is 53.4 Å². The van der Waals surface area contributed by atoms with Crippen molar-refractivity contribution in [2.75, 3.05) is 13.2 Å². The molecular weight excluding hydrogens is 252 g/mol.